The van der Waals surface area contributed by atoms with Crippen molar-refractivity contribution in [1.82, 2.24) is 0 Å². The number of rotatable bonds is 1. The van der Waals surface area contributed by atoms with Gasteiger partial charge in [0.1, 0.15) is 0 Å². The van der Waals surface area contributed by atoms with Crippen molar-refractivity contribution in [3.8, 4) is 0 Å². The fourth-order valence-corrected chi connectivity index (χ4v) is 2.31. The minimum Gasteiger partial charge on any atom is -0.343 e. The van der Waals surface area contributed by atoms with Gasteiger partial charge in [-0.05, 0) is 19.1 Å². The summed E-state index contributed by atoms with van der Waals surface area (Å²) in [4.78, 5) is 1.03. The van der Waals surface area contributed by atoms with Crippen LogP contribution in [0.2, 0.25) is 4.34 Å². The van der Waals surface area contributed by atoms with Crippen LogP contribution in [0.25, 0.3) is 0 Å². The third-order valence-corrected chi connectivity index (χ3v) is 3.27. The van der Waals surface area contributed by atoms with Crippen LogP contribution in [-0.2, 0) is 15.3 Å². The topological polar surface area (TPSA) is 18.5 Å². The lowest BCUT2D eigenvalue weighted by Gasteiger charge is -2.19. The molecule has 2 rings (SSSR count). The molecule has 2 nitrogen and oxygen atoms in total. The molecule has 12 heavy (non-hydrogen) atoms. The van der Waals surface area contributed by atoms with Gasteiger partial charge in [-0.15, -0.1) is 11.3 Å². The molecule has 1 aliphatic heterocycles. The highest BCUT2D eigenvalue weighted by molar-refractivity contribution is 7.16. The number of hydrogen-bond acceptors (Lipinski definition) is 3. The molecule has 0 amide bonds. The molecule has 66 valence electrons. The Hall–Kier alpha value is -0.0900. The van der Waals surface area contributed by atoms with Gasteiger partial charge in [-0.2, -0.15) is 0 Å². The summed E-state index contributed by atoms with van der Waals surface area (Å²) in [7, 11) is 0. The molecule has 0 spiro atoms. The predicted molar refractivity (Wildman–Crippen MR) is 48.6 cm³/mol. The molecule has 0 N–H and O–H groups in total. The Morgan fingerprint density at radius 2 is 2.08 bits per heavy atom. The van der Waals surface area contributed by atoms with Gasteiger partial charge in [0.25, 0.3) is 0 Å². The first-order valence-corrected chi connectivity index (χ1v) is 4.94. The molecular formula is C8H9ClO2S. The Morgan fingerprint density at radius 1 is 1.42 bits per heavy atom. The summed E-state index contributed by atoms with van der Waals surface area (Å²) in [6.07, 6.45) is 0. The van der Waals surface area contributed by atoms with E-state index < -0.39 is 5.79 Å². The van der Waals surface area contributed by atoms with Gasteiger partial charge in [-0.25, -0.2) is 0 Å². The van der Waals surface area contributed by atoms with Crippen LogP contribution in [0.15, 0.2) is 12.1 Å². The molecule has 0 bridgehead atoms. The third-order valence-electron chi connectivity index (χ3n) is 1.86. The van der Waals surface area contributed by atoms with E-state index >= 15 is 0 Å². The average Bonchev–Trinajstić information content (AvgIpc) is 2.59. The fraction of sp³-hybridized carbons (Fsp3) is 0.500. The monoisotopic (exact) mass is 204 g/mol. The first-order chi connectivity index (χ1) is 5.71. The second-order valence-corrected chi connectivity index (χ2v) is 4.46. The number of hydrogen-bond donors (Lipinski definition) is 0. The Bertz CT molecular complexity index is 278. The van der Waals surface area contributed by atoms with Crippen molar-refractivity contribution < 1.29 is 9.47 Å². The second-order valence-electron chi connectivity index (χ2n) is 2.75. The van der Waals surface area contributed by atoms with Crippen LogP contribution in [0.3, 0.4) is 0 Å². The summed E-state index contributed by atoms with van der Waals surface area (Å²) in [6.45, 7) is 3.24. The van der Waals surface area contributed by atoms with Gasteiger partial charge in [0.05, 0.1) is 22.4 Å². The van der Waals surface area contributed by atoms with Crippen molar-refractivity contribution in [3.05, 3.63) is 21.3 Å². The molecule has 0 aliphatic carbocycles. The molecule has 1 fully saturated rings. The van der Waals surface area contributed by atoms with Gasteiger partial charge in [0.15, 0.2) is 0 Å². The molecule has 0 saturated carbocycles. The molecule has 2 heterocycles. The van der Waals surface area contributed by atoms with Crippen molar-refractivity contribution in [2.75, 3.05) is 13.2 Å². The van der Waals surface area contributed by atoms with Gasteiger partial charge in [0.2, 0.25) is 5.79 Å². The van der Waals surface area contributed by atoms with Crippen LogP contribution in [0.5, 0.6) is 0 Å². The standard InChI is InChI=1S/C8H9ClO2S/c1-8(10-4-5-11-8)6-2-3-7(9)12-6/h2-3H,4-5H2,1H3. The SMILES string of the molecule is CC1(c2ccc(Cl)s2)OCCO1. The maximum absolute atomic E-state index is 5.81. The van der Waals surface area contributed by atoms with Crippen molar-refractivity contribution in [2.24, 2.45) is 0 Å². The Morgan fingerprint density at radius 3 is 2.58 bits per heavy atom. The molecule has 1 saturated heterocycles. The summed E-state index contributed by atoms with van der Waals surface area (Å²) in [5.74, 6) is -0.558. The number of halogens is 1. The van der Waals surface area contributed by atoms with E-state index in [4.69, 9.17) is 21.1 Å². The summed E-state index contributed by atoms with van der Waals surface area (Å²) in [6, 6.07) is 3.80. The van der Waals surface area contributed by atoms with E-state index in [1.807, 2.05) is 19.1 Å². The lowest BCUT2D eigenvalue weighted by Crippen LogP contribution is -2.20. The zero-order valence-electron chi connectivity index (χ0n) is 6.67. The Kier molecular flexibility index (Phi) is 2.12. The molecular weight excluding hydrogens is 196 g/mol. The Balaban J connectivity index is 2.28. The van der Waals surface area contributed by atoms with E-state index in [9.17, 15) is 0 Å². The number of ether oxygens (including phenoxy) is 2. The van der Waals surface area contributed by atoms with E-state index in [0.717, 1.165) is 9.21 Å². The van der Waals surface area contributed by atoms with Crippen LogP contribution in [0.4, 0.5) is 0 Å². The molecule has 4 heteroatoms. The van der Waals surface area contributed by atoms with Crippen LogP contribution in [-0.4, -0.2) is 13.2 Å². The summed E-state index contributed by atoms with van der Waals surface area (Å²) < 4.78 is 11.7. The lowest BCUT2D eigenvalue weighted by atomic mass is 10.3. The quantitative estimate of drug-likeness (QED) is 0.700. The van der Waals surface area contributed by atoms with Crippen LogP contribution in [0, 0.1) is 0 Å². The van der Waals surface area contributed by atoms with Gasteiger partial charge in [-0.1, -0.05) is 11.6 Å². The normalized spacial score (nSPS) is 21.5. The van der Waals surface area contributed by atoms with Gasteiger partial charge < -0.3 is 9.47 Å². The van der Waals surface area contributed by atoms with E-state index in [1.54, 1.807) is 0 Å². The van der Waals surface area contributed by atoms with Crippen molar-refractivity contribution in [2.45, 2.75) is 12.7 Å². The van der Waals surface area contributed by atoms with E-state index in [1.165, 1.54) is 11.3 Å². The highest BCUT2D eigenvalue weighted by Gasteiger charge is 2.34. The summed E-state index contributed by atoms with van der Waals surface area (Å²) in [5.41, 5.74) is 0. The maximum Gasteiger partial charge on any atom is 0.201 e. The summed E-state index contributed by atoms with van der Waals surface area (Å²) >= 11 is 7.31. The second kappa shape index (κ2) is 3.00. The minimum atomic E-state index is -0.558. The molecule has 1 aliphatic rings. The van der Waals surface area contributed by atoms with Crippen molar-refractivity contribution >= 4 is 22.9 Å². The van der Waals surface area contributed by atoms with Gasteiger partial charge >= 0.3 is 0 Å². The average molecular weight is 205 g/mol. The molecule has 1 aromatic heterocycles. The van der Waals surface area contributed by atoms with Crippen molar-refractivity contribution in [1.29, 1.82) is 0 Å². The van der Waals surface area contributed by atoms with Crippen LogP contribution in [0.1, 0.15) is 11.8 Å². The highest BCUT2D eigenvalue weighted by Crippen LogP contribution is 2.36. The maximum atomic E-state index is 5.81. The largest absolute Gasteiger partial charge is 0.343 e. The smallest absolute Gasteiger partial charge is 0.201 e. The van der Waals surface area contributed by atoms with Gasteiger partial charge in [-0.3, -0.25) is 0 Å². The number of thiophene rings is 1. The molecule has 0 atom stereocenters. The highest BCUT2D eigenvalue weighted by atomic mass is 35.5. The Labute approximate surface area is 80.1 Å². The predicted octanol–water partition coefficient (Wildman–Crippen LogP) is 2.62. The summed E-state index contributed by atoms with van der Waals surface area (Å²) in [5, 5.41) is 0. The van der Waals surface area contributed by atoms with Gasteiger partial charge in [0, 0.05) is 0 Å². The fourth-order valence-electron chi connectivity index (χ4n) is 1.22. The molecule has 0 radical (unpaired) electrons. The van der Waals surface area contributed by atoms with E-state index in [-0.39, 0.29) is 0 Å². The third kappa shape index (κ3) is 1.38. The minimum absolute atomic E-state index is 0.558. The van der Waals surface area contributed by atoms with Crippen molar-refractivity contribution in [3.63, 3.8) is 0 Å². The first-order valence-electron chi connectivity index (χ1n) is 3.74. The molecule has 0 unspecified atom stereocenters. The van der Waals surface area contributed by atoms with E-state index in [0.29, 0.717) is 13.2 Å². The van der Waals surface area contributed by atoms with Crippen LogP contribution >= 0.6 is 22.9 Å². The molecule has 0 aromatic carbocycles. The zero-order chi connectivity index (χ0) is 8.60. The lowest BCUT2D eigenvalue weighted by molar-refractivity contribution is -0.146. The van der Waals surface area contributed by atoms with E-state index in [2.05, 4.69) is 0 Å². The first kappa shape index (κ1) is 8.51. The zero-order valence-corrected chi connectivity index (χ0v) is 8.24. The van der Waals surface area contributed by atoms with Crippen LogP contribution < -0.4 is 0 Å². The molecule has 1 aromatic rings.